The number of amides is 1. The van der Waals surface area contributed by atoms with Gasteiger partial charge in [0.25, 0.3) is 0 Å². The van der Waals surface area contributed by atoms with Gasteiger partial charge in [-0.1, -0.05) is 60.2 Å². The summed E-state index contributed by atoms with van der Waals surface area (Å²) in [6, 6.07) is 18.8. The minimum absolute atomic E-state index is 0.0136. The Hall–Kier alpha value is -2.13. The third-order valence-electron chi connectivity index (χ3n) is 3.46. The van der Waals surface area contributed by atoms with E-state index in [0.29, 0.717) is 6.54 Å². The Morgan fingerprint density at radius 2 is 1.55 bits per heavy atom. The number of nitrogens with one attached hydrogen (secondary N) is 2. The molecule has 0 spiro atoms. The van der Waals surface area contributed by atoms with Crippen molar-refractivity contribution < 1.29 is 4.79 Å². The highest BCUT2D eigenvalue weighted by atomic mass is 16.1. The van der Waals surface area contributed by atoms with Gasteiger partial charge < -0.3 is 5.32 Å². The van der Waals surface area contributed by atoms with Gasteiger partial charge in [-0.05, 0) is 31.9 Å². The summed E-state index contributed by atoms with van der Waals surface area (Å²) >= 11 is 0. The molecule has 0 aromatic heterocycles. The maximum atomic E-state index is 11.9. The van der Waals surface area contributed by atoms with Crippen molar-refractivity contribution in [3.63, 3.8) is 0 Å². The molecule has 2 aromatic carbocycles. The van der Waals surface area contributed by atoms with Crippen LogP contribution < -0.4 is 10.6 Å². The minimum Gasteiger partial charge on any atom is -0.353 e. The largest absolute Gasteiger partial charge is 0.353 e. The molecule has 0 radical (unpaired) electrons. The van der Waals surface area contributed by atoms with E-state index in [-0.39, 0.29) is 18.0 Å². The van der Waals surface area contributed by atoms with Crippen LogP contribution in [0.4, 0.5) is 0 Å². The zero-order valence-corrected chi connectivity index (χ0v) is 13.5. The zero-order chi connectivity index (χ0) is 15.9. The fourth-order valence-electron chi connectivity index (χ4n) is 2.40. The van der Waals surface area contributed by atoms with Crippen LogP contribution >= 0.6 is 0 Å². The van der Waals surface area contributed by atoms with Crippen LogP contribution in [0.15, 0.2) is 54.6 Å². The summed E-state index contributed by atoms with van der Waals surface area (Å²) in [5.41, 5.74) is 3.55. The van der Waals surface area contributed by atoms with Crippen LogP contribution in [0.5, 0.6) is 0 Å². The van der Waals surface area contributed by atoms with Gasteiger partial charge in [-0.3, -0.25) is 10.1 Å². The van der Waals surface area contributed by atoms with E-state index in [1.807, 2.05) is 32.0 Å². The van der Waals surface area contributed by atoms with E-state index >= 15 is 0 Å². The SMILES string of the molecule is Cc1ccc(C(NCC(=O)NC(C)C)c2ccccc2)cc1. The fourth-order valence-corrected chi connectivity index (χ4v) is 2.40. The first-order valence-corrected chi connectivity index (χ1v) is 7.70. The van der Waals surface area contributed by atoms with Crippen molar-refractivity contribution in [2.75, 3.05) is 6.54 Å². The normalized spacial score (nSPS) is 12.2. The molecule has 1 amide bonds. The molecular weight excluding hydrogens is 272 g/mol. The highest BCUT2D eigenvalue weighted by molar-refractivity contribution is 5.78. The number of aryl methyl sites for hydroxylation is 1. The molecule has 2 aromatic rings. The van der Waals surface area contributed by atoms with Crippen molar-refractivity contribution in [1.29, 1.82) is 0 Å². The minimum atomic E-state index is 0.0136. The van der Waals surface area contributed by atoms with Crippen molar-refractivity contribution in [1.82, 2.24) is 10.6 Å². The van der Waals surface area contributed by atoms with Gasteiger partial charge in [0.15, 0.2) is 0 Å². The Balaban J connectivity index is 2.16. The topological polar surface area (TPSA) is 41.1 Å². The third-order valence-corrected chi connectivity index (χ3v) is 3.46. The molecule has 116 valence electrons. The van der Waals surface area contributed by atoms with Gasteiger partial charge in [0.2, 0.25) is 5.91 Å². The first kappa shape index (κ1) is 16.2. The lowest BCUT2D eigenvalue weighted by Gasteiger charge is -2.20. The summed E-state index contributed by atoms with van der Waals surface area (Å²) in [4.78, 5) is 11.9. The number of carbonyl (C=O) groups excluding carboxylic acids is 1. The first-order valence-electron chi connectivity index (χ1n) is 7.70. The molecule has 22 heavy (non-hydrogen) atoms. The lowest BCUT2D eigenvalue weighted by molar-refractivity contribution is -0.120. The summed E-state index contributed by atoms with van der Waals surface area (Å²) in [6.45, 7) is 6.30. The molecule has 0 aliphatic rings. The van der Waals surface area contributed by atoms with Crippen LogP contribution in [0.1, 0.15) is 36.6 Å². The summed E-state index contributed by atoms with van der Waals surface area (Å²) in [6.07, 6.45) is 0. The smallest absolute Gasteiger partial charge is 0.234 e. The molecule has 0 bridgehead atoms. The summed E-state index contributed by atoms with van der Waals surface area (Å²) in [7, 11) is 0. The van der Waals surface area contributed by atoms with Gasteiger partial charge in [0.1, 0.15) is 0 Å². The van der Waals surface area contributed by atoms with E-state index in [9.17, 15) is 4.79 Å². The molecule has 3 heteroatoms. The van der Waals surface area contributed by atoms with Crippen LogP contribution in [0.25, 0.3) is 0 Å². The highest BCUT2D eigenvalue weighted by Gasteiger charge is 2.15. The summed E-state index contributed by atoms with van der Waals surface area (Å²) < 4.78 is 0. The van der Waals surface area contributed by atoms with Crippen molar-refractivity contribution in [3.05, 3.63) is 71.3 Å². The molecule has 1 unspecified atom stereocenters. The lowest BCUT2D eigenvalue weighted by Crippen LogP contribution is -2.39. The van der Waals surface area contributed by atoms with Gasteiger partial charge in [-0.25, -0.2) is 0 Å². The average molecular weight is 296 g/mol. The van der Waals surface area contributed by atoms with Gasteiger partial charge >= 0.3 is 0 Å². The Morgan fingerprint density at radius 1 is 0.955 bits per heavy atom. The Morgan fingerprint density at radius 3 is 2.14 bits per heavy atom. The Labute approximate surface area is 132 Å². The Bertz CT molecular complexity index is 591. The van der Waals surface area contributed by atoms with E-state index in [0.717, 1.165) is 11.1 Å². The average Bonchev–Trinajstić information content (AvgIpc) is 2.49. The number of benzene rings is 2. The van der Waals surface area contributed by atoms with Crippen molar-refractivity contribution in [2.24, 2.45) is 0 Å². The van der Waals surface area contributed by atoms with Crippen LogP contribution in [0.2, 0.25) is 0 Å². The maximum Gasteiger partial charge on any atom is 0.234 e. The van der Waals surface area contributed by atoms with Gasteiger partial charge in [-0.15, -0.1) is 0 Å². The lowest BCUT2D eigenvalue weighted by atomic mass is 9.98. The third kappa shape index (κ3) is 4.71. The summed E-state index contributed by atoms with van der Waals surface area (Å²) in [5.74, 6) is 0.0167. The molecule has 0 saturated carbocycles. The van der Waals surface area contributed by atoms with Crippen LogP contribution in [0.3, 0.4) is 0 Å². The highest BCUT2D eigenvalue weighted by Crippen LogP contribution is 2.22. The molecule has 0 fully saturated rings. The van der Waals surface area contributed by atoms with E-state index in [2.05, 4.69) is 54.0 Å². The first-order chi connectivity index (χ1) is 10.6. The second-order valence-electron chi connectivity index (χ2n) is 5.86. The quantitative estimate of drug-likeness (QED) is 0.859. The molecule has 0 aliphatic heterocycles. The number of rotatable bonds is 6. The molecular formula is C19H24N2O. The van der Waals surface area contributed by atoms with Gasteiger partial charge in [0.05, 0.1) is 12.6 Å². The van der Waals surface area contributed by atoms with Crippen LogP contribution in [-0.4, -0.2) is 18.5 Å². The second kappa shape index (κ2) is 7.76. The molecule has 2 rings (SSSR count). The predicted molar refractivity (Wildman–Crippen MR) is 90.7 cm³/mol. The Kier molecular flexibility index (Phi) is 5.73. The molecule has 0 heterocycles. The number of carbonyl (C=O) groups is 1. The number of hydrogen-bond donors (Lipinski definition) is 2. The standard InChI is InChI=1S/C19H24N2O/c1-14(2)21-18(22)13-20-19(16-7-5-4-6-8-16)17-11-9-15(3)10-12-17/h4-12,14,19-20H,13H2,1-3H3,(H,21,22). The molecule has 0 saturated heterocycles. The monoisotopic (exact) mass is 296 g/mol. The number of hydrogen-bond acceptors (Lipinski definition) is 2. The van der Waals surface area contributed by atoms with Gasteiger partial charge in [0, 0.05) is 6.04 Å². The van der Waals surface area contributed by atoms with Gasteiger partial charge in [-0.2, -0.15) is 0 Å². The van der Waals surface area contributed by atoms with Crippen LogP contribution in [0, 0.1) is 6.92 Å². The van der Waals surface area contributed by atoms with E-state index < -0.39 is 0 Å². The molecule has 2 N–H and O–H groups in total. The zero-order valence-electron chi connectivity index (χ0n) is 13.5. The maximum absolute atomic E-state index is 11.9. The van der Waals surface area contributed by atoms with E-state index in [1.165, 1.54) is 5.56 Å². The van der Waals surface area contributed by atoms with E-state index in [1.54, 1.807) is 0 Å². The summed E-state index contributed by atoms with van der Waals surface area (Å²) in [5, 5.41) is 6.27. The van der Waals surface area contributed by atoms with Crippen molar-refractivity contribution in [3.8, 4) is 0 Å². The van der Waals surface area contributed by atoms with E-state index in [4.69, 9.17) is 0 Å². The predicted octanol–water partition coefficient (Wildman–Crippen LogP) is 3.20. The molecule has 3 nitrogen and oxygen atoms in total. The van der Waals surface area contributed by atoms with Crippen LogP contribution in [-0.2, 0) is 4.79 Å². The second-order valence-corrected chi connectivity index (χ2v) is 5.86. The fraction of sp³-hybridized carbons (Fsp3) is 0.316. The van der Waals surface area contributed by atoms with Crippen molar-refractivity contribution in [2.45, 2.75) is 32.9 Å². The van der Waals surface area contributed by atoms with Crippen molar-refractivity contribution >= 4 is 5.91 Å². The molecule has 1 atom stereocenters. The molecule has 0 aliphatic carbocycles.